The standard InChI is InChI=1S/C9H17N3O2S/c1-9(2,3)14-8(13)12-4-6(5-12)11-7(10)15/h6H,4-5H2,1-3H3,(H3,10,11,15). The number of hydrogen-bond donors (Lipinski definition) is 2. The van der Waals surface area contributed by atoms with E-state index in [4.69, 9.17) is 22.7 Å². The van der Waals surface area contributed by atoms with Crippen molar-refractivity contribution in [2.45, 2.75) is 32.4 Å². The van der Waals surface area contributed by atoms with Crippen molar-refractivity contribution in [2.24, 2.45) is 5.73 Å². The summed E-state index contributed by atoms with van der Waals surface area (Å²) in [4.78, 5) is 13.1. The summed E-state index contributed by atoms with van der Waals surface area (Å²) in [6, 6.07) is 0.162. The number of carbonyl (C=O) groups excluding carboxylic acids is 1. The van der Waals surface area contributed by atoms with E-state index in [1.165, 1.54) is 0 Å². The van der Waals surface area contributed by atoms with Gasteiger partial charge in [0, 0.05) is 13.1 Å². The third kappa shape index (κ3) is 3.91. The summed E-state index contributed by atoms with van der Waals surface area (Å²) >= 11 is 4.70. The molecule has 0 aromatic rings. The van der Waals surface area contributed by atoms with Crippen molar-refractivity contribution in [2.75, 3.05) is 13.1 Å². The largest absolute Gasteiger partial charge is 0.444 e. The first-order chi connectivity index (χ1) is 6.78. The third-order valence-corrected chi connectivity index (χ3v) is 2.00. The number of amides is 1. The lowest BCUT2D eigenvalue weighted by atomic mass is 10.1. The van der Waals surface area contributed by atoms with E-state index in [0.29, 0.717) is 13.1 Å². The van der Waals surface area contributed by atoms with Crippen LogP contribution in [-0.4, -0.2) is 40.8 Å². The molecule has 3 N–H and O–H groups in total. The minimum absolute atomic E-state index is 0.162. The second-order valence-electron chi connectivity index (χ2n) is 4.59. The van der Waals surface area contributed by atoms with Gasteiger partial charge >= 0.3 is 6.09 Å². The first-order valence-corrected chi connectivity index (χ1v) is 5.22. The van der Waals surface area contributed by atoms with Gasteiger partial charge in [0.05, 0.1) is 6.04 Å². The molecule has 1 aliphatic heterocycles. The number of nitrogens with one attached hydrogen (secondary N) is 1. The van der Waals surface area contributed by atoms with Gasteiger partial charge in [-0.05, 0) is 33.0 Å². The second-order valence-corrected chi connectivity index (χ2v) is 5.03. The summed E-state index contributed by atoms with van der Waals surface area (Å²) in [6.07, 6.45) is -0.288. The smallest absolute Gasteiger partial charge is 0.410 e. The van der Waals surface area contributed by atoms with Crippen LogP contribution in [0.4, 0.5) is 4.79 Å². The zero-order chi connectivity index (χ0) is 11.6. The first kappa shape index (κ1) is 12.0. The Morgan fingerprint density at radius 1 is 1.53 bits per heavy atom. The summed E-state index contributed by atoms with van der Waals surface area (Å²) in [7, 11) is 0. The number of rotatable bonds is 1. The Morgan fingerprint density at radius 3 is 2.47 bits per heavy atom. The number of carbonyl (C=O) groups is 1. The number of hydrogen-bond acceptors (Lipinski definition) is 3. The van der Waals surface area contributed by atoms with E-state index in [2.05, 4.69) is 5.32 Å². The lowest BCUT2D eigenvalue weighted by Gasteiger charge is -2.40. The normalized spacial score (nSPS) is 16.9. The van der Waals surface area contributed by atoms with E-state index in [0.717, 1.165) is 0 Å². The van der Waals surface area contributed by atoms with E-state index in [1.54, 1.807) is 4.90 Å². The van der Waals surface area contributed by atoms with Crippen LogP contribution in [0.25, 0.3) is 0 Å². The highest BCUT2D eigenvalue weighted by atomic mass is 32.1. The molecular formula is C9H17N3O2S. The summed E-state index contributed by atoms with van der Waals surface area (Å²) < 4.78 is 5.19. The first-order valence-electron chi connectivity index (χ1n) is 4.82. The Labute approximate surface area is 94.9 Å². The number of nitrogens with two attached hydrogens (primary N) is 1. The van der Waals surface area contributed by atoms with Crippen LogP contribution in [0.15, 0.2) is 0 Å². The molecule has 1 fully saturated rings. The van der Waals surface area contributed by atoms with Crippen molar-refractivity contribution in [3.63, 3.8) is 0 Å². The van der Waals surface area contributed by atoms with Crippen LogP contribution in [0, 0.1) is 0 Å². The minimum atomic E-state index is -0.446. The highest BCUT2D eigenvalue weighted by Gasteiger charge is 2.33. The molecule has 6 heteroatoms. The van der Waals surface area contributed by atoms with E-state index < -0.39 is 5.60 Å². The van der Waals surface area contributed by atoms with Gasteiger partial charge in [-0.3, -0.25) is 0 Å². The summed E-state index contributed by atoms with van der Waals surface area (Å²) in [5, 5.41) is 3.15. The SMILES string of the molecule is CC(C)(C)OC(=O)N1CC(NC(N)=S)C1. The van der Waals surface area contributed by atoms with Gasteiger partial charge in [0.1, 0.15) is 5.60 Å². The zero-order valence-electron chi connectivity index (χ0n) is 9.24. The van der Waals surface area contributed by atoms with Gasteiger partial charge in [-0.25, -0.2) is 4.79 Å². The molecule has 1 saturated heterocycles. The van der Waals surface area contributed by atoms with Crippen molar-refractivity contribution < 1.29 is 9.53 Å². The topological polar surface area (TPSA) is 67.6 Å². The molecule has 1 aliphatic rings. The van der Waals surface area contributed by atoms with Gasteiger partial charge in [-0.1, -0.05) is 0 Å². The Bertz CT molecular complexity index is 269. The molecule has 0 bridgehead atoms. The van der Waals surface area contributed by atoms with Gasteiger partial charge in [-0.2, -0.15) is 0 Å². The molecule has 0 atom stereocenters. The second kappa shape index (κ2) is 4.22. The fraction of sp³-hybridized carbons (Fsp3) is 0.778. The van der Waals surface area contributed by atoms with Crippen LogP contribution in [0.5, 0.6) is 0 Å². The van der Waals surface area contributed by atoms with Gasteiger partial charge in [0.25, 0.3) is 0 Å². The van der Waals surface area contributed by atoms with Crippen LogP contribution in [-0.2, 0) is 4.74 Å². The highest BCUT2D eigenvalue weighted by molar-refractivity contribution is 7.80. The molecule has 1 amide bonds. The molecule has 0 radical (unpaired) electrons. The maximum absolute atomic E-state index is 11.5. The highest BCUT2D eigenvalue weighted by Crippen LogP contribution is 2.14. The molecular weight excluding hydrogens is 214 g/mol. The fourth-order valence-electron chi connectivity index (χ4n) is 1.25. The number of likely N-dealkylation sites (tertiary alicyclic amines) is 1. The molecule has 1 rings (SSSR count). The van der Waals surface area contributed by atoms with Gasteiger partial charge < -0.3 is 20.7 Å². The van der Waals surface area contributed by atoms with Gasteiger partial charge in [0.2, 0.25) is 0 Å². The lowest BCUT2D eigenvalue weighted by Crippen LogP contribution is -2.62. The minimum Gasteiger partial charge on any atom is -0.444 e. The predicted molar refractivity (Wildman–Crippen MR) is 61.5 cm³/mol. The Kier molecular flexibility index (Phi) is 3.38. The summed E-state index contributed by atoms with van der Waals surface area (Å²) in [5.74, 6) is 0. The summed E-state index contributed by atoms with van der Waals surface area (Å²) in [5.41, 5.74) is 4.87. The van der Waals surface area contributed by atoms with Crippen molar-refractivity contribution in [1.82, 2.24) is 10.2 Å². The van der Waals surface area contributed by atoms with Crippen molar-refractivity contribution in [3.05, 3.63) is 0 Å². The molecule has 0 saturated carbocycles. The lowest BCUT2D eigenvalue weighted by molar-refractivity contribution is 0.00713. The molecule has 0 aromatic heterocycles. The summed E-state index contributed by atoms with van der Waals surface area (Å²) in [6.45, 7) is 6.71. The average molecular weight is 231 g/mol. The fourth-order valence-corrected chi connectivity index (χ4v) is 1.41. The van der Waals surface area contributed by atoms with Crippen LogP contribution >= 0.6 is 12.2 Å². The van der Waals surface area contributed by atoms with Crippen molar-refractivity contribution >= 4 is 23.4 Å². The molecule has 0 spiro atoms. The molecule has 0 aromatic carbocycles. The molecule has 0 unspecified atom stereocenters. The quantitative estimate of drug-likeness (QED) is 0.641. The monoisotopic (exact) mass is 231 g/mol. The van der Waals surface area contributed by atoms with Gasteiger partial charge in [0.15, 0.2) is 5.11 Å². The van der Waals surface area contributed by atoms with E-state index >= 15 is 0 Å². The zero-order valence-corrected chi connectivity index (χ0v) is 10.1. The van der Waals surface area contributed by atoms with Gasteiger partial charge in [-0.15, -0.1) is 0 Å². The van der Waals surface area contributed by atoms with Crippen LogP contribution < -0.4 is 11.1 Å². The predicted octanol–water partition coefficient (Wildman–Crippen LogP) is 0.439. The Balaban J connectivity index is 2.27. The van der Waals surface area contributed by atoms with E-state index in [9.17, 15) is 4.79 Å². The average Bonchev–Trinajstić information content (AvgIpc) is 1.91. The Morgan fingerprint density at radius 2 is 2.07 bits per heavy atom. The molecule has 5 nitrogen and oxygen atoms in total. The number of ether oxygens (including phenoxy) is 1. The maximum Gasteiger partial charge on any atom is 0.410 e. The Hall–Kier alpha value is -1.04. The van der Waals surface area contributed by atoms with Crippen LogP contribution in [0.3, 0.4) is 0 Å². The van der Waals surface area contributed by atoms with Crippen LogP contribution in [0.2, 0.25) is 0 Å². The van der Waals surface area contributed by atoms with E-state index in [1.807, 2.05) is 20.8 Å². The third-order valence-electron chi connectivity index (χ3n) is 1.88. The number of nitrogens with zero attached hydrogens (tertiary/aromatic N) is 1. The molecule has 86 valence electrons. The van der Waals surface area contributed by atoms with Crippen molar-refractivity contribution in [3.8, 4) is 0 Å². The molecule has 1 heterocycles. The van der Waals surface area contributed by atoms with Crippen molar-refractivity contribution in [1.29, 1.82) is 0 Å². The maximum atomic E-state index is 11.5. The van der Waals surface area contributed by atoms with E-state index in [-0.39, 0.29) is 17.2 Å². The molecule has 0 aliphatic carbocycles. The number of thiocarbonyl (C=S) groups is 1. The van der Waals surface area contributed by atoms with Crippen LogP contribution in [0.1, 0.15) is 20.8 Å². The molecule has 15 heavy (non-hydrogen) atoms.